The van der Waals surface area contributed by atoms with Crippen molar-refractivity contribution in [1.29, 1.82) is 5.26 Å². The molecule has 0 amide bonds. The Kier molecular flexibility index (Phi) is 5.15. The summed E-state index contributed by atoms with van der Waals surface area (Å²) in [5, 5.41) is 13.3. The van der Waals surface area contributed by atoms with Crippen LogP contribution in [0.25, 0.3) is 0 Å². The van der Waals surface area contributed by atoms with Gasteiger partial charge in [0, 0.05) is 56.8 Å². The quantitative estimate of drug-likeness (QED) is 0.821. The molecule has 1 aromatic carbocycles. The van der Waals surface area contributed by atoms with Gasteiger partial charge in [-0.1, -0.05) is 30.3 Å². The van der Waals surface area contributed by atoms with Crippen molar-refractivity contribution in [3.8, 4) is 6.07 Å². The number of nitrogens with zero attached hydrogens (tertiary/aromatic N) is 3. The number of nitrogens with one attached hydrogen (secondary N) is 1. The summed E-state index contributed by atoms with van der Waals surface area (Å²) >= 11 is 0. The second kappa shape index (κ2) is 7.76. The molecule has 0 bridgehead atoms. The van der Waals surface area contributed by atoms with Crippen LogP contribution in [-0.2, 0) is 4.74 Å². The van der Waals surface area contributed by atoms with Gasteiger partial charge in [0.2, 0.25) is 0 Å². The van der Waals surface area contributed by atoms with Crippen LogP contribution >= 0.6 is 0 Å². The molecule has 3 heterocycles. The van der Waals surface area contributed by atoms with Crippen LogP contribution < -0.4 is 5.32 Å². The van der Waals surface area contributed by atoms with E-state index >= 15 is 0 Å². The second-order valence-electron chi connectivity index (χ2n) is 9.27. The van der Waals surface area contributed by atoms with Gasteiger partial charge in [-0.05, 0) is 31.2 Å². The Hall–Kier alpha value is -1.45. The van der Waals surface area contributed by atoms with Crippen molar-refractivity contribution in [2.24, 2.45) is 0 Å². The maximum atomic E-state index is 9.43. The summed E-state index contributed by atoms with van der Waals surface area (Å²) in [6.45, 7) is 6.11. The summed E-state index contributed by atoms with van der Waals surface area (Å²) in [6, 6.07) is 15.3. The average molecular weight is 381 g/mol. The van der Waals surface area contributed by atoms with Gasteiger partial charge >= 0.3 is 0 Å². The van der Waals surface area contributed by atoms with Gasteiger partial charge in [-0.25, -0.2) is 0 Å². The first-order valence-electron chi connectivity index (χ1n) is 11.0. The molecule has 4 aliphatic rings. The highest BCUT2D eigenvalue weighted by Gasteiger charge is 2.50. The van der Waals surface area contributed by atoms with Crippen molar-refractivity contribution in [2.45, 2.75) is 61.7 Å². The first-order chi connectivity index (χ1) is 13.8. The Balaban J connectivity index is 1.11. The zero-order valence-electron chi connectivity index (χ0n) is 16.7. The molecule has 0 radical (unpaired) electrons. The number of ether oxygens (including phenoxy) is 1. The van der Waals surface area contributed by atoms with Crippen LogP contribution in [0.1, 0.15) is 43.6 Å². The van der Waals surface area contributed by atoms with E-state index in [0.717, 1.165) is 45.8 Å². The molecule has 0 spiro atoms. The molecule has 4 fully saturated rings. The largest absolute Gasteiger partial charge is 0.380 e. The van der Waals surface area contributed by atoms with E-state index in [4.69, 9.17) is 4.74 Å². The third-order valence-electron chi connectivity index (χ3n) is 7.46. The van der Waals surface area contributed by atoms with E-state index in [1.807, 2.05) is 0 Å². The lowest BCUT2D eigenvalue weighted by Gasteiger charge is -2.58. The lowest BCUT2D eigenvalue weighted by molar-refractivity contribution is -0.0825. The first-order valence-corrected chi connectivity index (χ1v) is 11.0. The zero-order chi connectivity index (χ0) is 19.0. The Morgan fingerprint density at radius 3 is 2.61 bits per heavy atom. The molecule has 5 heteroatoms. The Morgan fingerprint density at radius 2 is 1.93 bits per heavy atom. The molecule has 1 saturated carbocycles. The van der Waals surface area contributed by atoms with E-state index < -0.39 is 0 Å². The average Bonchev–Trinajstić information content (AvgIpc) is 3.25. The van der Waals surface area contributed by atoms with Crippen LogP contribution in [0.15, 0.2) is 30.3 Å². The number of piperidine rings is 1. The van der Waals surface area contributed by atoms with Gasteiger partial charge < -0.3 is 10.1 Å². The standard InChI is InChI=1S/C23H32N4O/c24-10-9-23(16-26(17-23)20-8-13-28-15-20)27-11-6-19(7-12-27)25-22-14-21(22)18-4-2-1-3-5-18/h1-5,19-22,25H,6-9,11-17H2/t20?,21-,22+/m0/s1. The maximum Gasteiger partial charge on any atom is 0.0642 e. The molecule has 5 rings (SSSR count). The van der Waals surface area contributed by atoms with Crippen molar-refractivity contribution in [1.82, 2.24) is 15.1 Å². The highest BCUT2D eigenvalue weighted by Crippen LogP contribution is 2.42. The fraction of sp³-hybridized carbons (Fsp3) is 0.696. The predicted molar refractivity (Wildman–Crippen MR) is 109 cm³/mol. The van der Waals surface area contributed by atoms with Crippen LogP contribution in [0.3, 0.4) is 0 Å². The van der Waals surface area contributed by atoms with E-state index in [-0.39, 0.29) is 5.54 Å². The summed E-state index contributed by atoms with van der Waals surface area (Å²) in [6.07, 6.45) is 5.50. The minimum atomic E-state index is 0.0917. The van der Waals surface area contributed by atoms with Crippen molar-refractivity contribution >= 4 is 0 Å². The molecule has 1 aliphatic carbocycles. The fourth-order valence-corrected chi connectivity index (χ4v) is 5.62. The first kappa shape index (κ1) is 18.6. The van der Waals surface area contributed by atoms with Crippen LogP contribution in [-0.4, -0.2) is 72.9 Å². The molecular weight excluding hydrogens is 348 g/mol. The van der Waals surface area contributed by atoms with Crippen LogP contribution in [0, 0.1) is 11.3 Å². The third kappa shape index (κ3) is 3.59. The lowest BCUT2D eigenvalue weighted by atomic mass is 9.81. The molecule has 1 unspecified atom stereocenters. The molecule has 1 aromatic rings. The highest BCUT2D eigenvalue weighted by molar-refractivity contribution is 5.27. The number of hydrogen-bond donors (Lipinski definition) is 1. The number of hydrogen-bond acceptors (Lipinski definition) is 5. The Morgan fingerprint density at radius 1 is 1.14 bits per heavy atom. The SMILES string of the molecule is N#CCC1(N2CCC(N[C@@H]3C[C@H]3c3ccccc3)CC2)CN(C2CCOC2)C1. The smallest absolute Gasteiger partial charge is 0.0642 e. The van der Waals surface area contributed by atoms with Gasteiger partial charge in [-0.3, -0.25) is 9.80 Å². The van der Waals surface area contributed by atoms with Gasteiger partial charge in [-0.15, -0.1) is 0 Å². The van der Waals surface area contributed by atoms with E-state index in [9.17, 15) is 5.26 Å². The molecule has 3 atom stereocenters. The summed E-state index contributed by atoms with van der Waals surface area (Å²) in [5.74, 6) is 0.706. The van der Waals surface area contributed by atoms with E-state index in [1.54, 1.807) is 0 Å². The summed E-state index contributed by atoms with van der Waals surface area (Å²) < 4.78 is 5.56. The minimum absolute atomic E-state index is 0.0917. The van der Waals surface area contributed by atoms with Gasteiger partial charge in [-0.2, -0.15) is 5.26 Å². The zero-order valence-corrected chi connectivity index (χ0v) is 16.7. The summed E-state index contributed by atoms with van der Waals surface area (Å²) in [5.41, 5.74) is 1.57. The monoisotopic (exact) mass is 380 g/mol. The topological polar surface area (TPSA) is 51.5 Å². The predicted octanol–water partition coefficient (Wildman–Crippen LogP) is 2.35. The van der Waals surface area contributed by atoms with Crippen molar-refractivity contribution in [3.63, 3.8) is 0 Å². The van der Waals surface area contributed by atoms with Crippen LogP contribution in [0.4, 0.5) is 0 Å². The number of nitriles is 1. The van der Waals surface area contributed by atoms with Crippen molar-refractivity contribution in [2.75, 3.05) is 39.4 Å². The molecule has 150 valence electrons. The highest BCUT2D eigenvalue weighted by atomic mass is 16.5. The second-order valence-corrected chi connectivity index (χ2v) is 9.27. The van der Waals surface area contributed by atoms with E-state index in [2.05, 4.69) is 51.5 Å². The molecule has 3 saturated heterocycles. The third-order valence-corrected chi connectivity index (χ3v) is 7.46. The van der Waals surface area contributed by atoms with E-state index in [0.29, 0.717) is 30.5 Å². The lowest BCUT2D eigenvalue weighted by Crippen LogP contribution is -2.73. The van der Waals surface area contributed by atoms with Gasteiger partial charge in [0.1, 0.15) is 0 Å². The minimum Gasteiger partial charge on any atom is -0.380 e. The van der Waals surface area contributed by atoms with Crippen LogP contribution in [0.5, 0.6) is 0 Å². The molecule has 28 heavy (non-hydrogen) atoms. The molecule has 0 aromatic heterocycles. The van der Waals surface area contributed by atoms with Crippen molar-refractivity contribution < 1.29 is 4.74 Å². The normalized spacial score (nSPS) is 33.3. The molecular formula is C23H32N4O. The number of benzene rings is 1. The fourth-order valence-electron chi connectivity index (χ4n) is 5.62. The number of likely N-dealkylation sites (tertiary alicyclic amines) is 2. The molecule has 1 N–H and O–H groups in total. The summed E-state index contributed by atoms with van der Waals surface area (Å²) in [4.78, 5) is 5.17. The molecule has 5 nitrogen and oxygen atoms in total. The summed E-state index contributed by atoms with van der Waals surface area (Å²) in [7, 11) is 0. The van der Waals surface area contributed by atoms with E-state index in [1.165, 1.54) is 24.8 Å². The Labute approximate surface area is 168 Å². The van der Waals surface area contributed by atoms with Gasteiger partial charge in [0.15, 0.2) is 0 Å². The van der Waals surface area contributed by atoms with Crippen LogP contribution in [0.2, 0.25) is 0 Å². The maximum absolute atomic E-state index is 9.43. The number of rotatable bonds is 6. The van der Waals surface area contributed by atoms with Gasteiger partial charge in [0.05, 0.1) is 24.6 Å². The Bertz CT molecular complexity index is 697. The van der Waals surface area contributed by atoms with Gasteiger partial charge in [0.25, 0.3) is 0 Å². The van der Waals surface area contributed by atoms with Crippen molar-refractivity contribution in [3.05, 3.63) is 35.9 Å². The molecule has 3 aliphatic heterocycles.